The number of nitrogens with zero attached hydrogens (tertiary/aromatic N) is 2. The predicted octanol–water partition coefficient (Wildman–Crippen LogP) is -0.390. The van der Waals surface area contributed by atoms with Crippen LogP contribution in [0.1, 0.15) is 25.3 Å². The molecule has 0 unspecified atom stereocenters. The third-order valence-electron chi connectivity index (χ3n) is 1.98. The third kappa shape index (κ3) is 4.50. The molecule has 16 heavy (non-hydrogen) atoms. The summed E-state index contributed by atoms with van der Waals surface area (Å²) in [7, 11) is 0. The molecule has 0 aliphatic carbocycles. The Kier molecular flexibility index (Phi) is 7.35. The zero-order valence-corrected chi connectivity index (χ0v) is 12.5. The first kappa shape index (κ1) is 15.4. The van der Waals surface area contributed by atoms with Gasteiger partial charge < -0.3 is 17.9 Å². The van der Waals surface area contributed by atoms with Crippen LogP contribution in [0.4, 0.5) is 5.69 Å². The van der Waals surface area contributed by atoms with Gasteiger partial charge in [0.2, 0.25) is 6.19 Å². The number of aliphatic imine (C=N–C) groups is 1. The molecule has 0 saturated heterocycles. The molecule has 0 aliphatic heterocycles. The molecule has 5 heteroatoms. The van der Waals surface area contributed by atoms with Gasteiger partial charge in [0.05, 0.1) is 0 Å². The van der Waals surface area contributed by atoms with E-state index in [2.05, 4.69) is 24.2 Å². The molecule has 0 fully saturated rings. The quantitative estimate of drug-likeness (QED) is 0.252. The van der Waals surface area contributed by atoms with Crippen LogP contribution in [-0.4, -0.2) is 5.17 Å². The molecule has 0 aliphatic rings. The van der Waals surface area contributed by atoms with Crippen molar-refractivity contribution in [2.75, 3.05) is 5.32 Å². The molecule has 3 nitrogen and oxygen atoms in total. The van der Waals surface area contributed by atoms with Crippen LogP contribution in [0.25, 0.3) is 0 Å². The number of benzene rings is 1. The van der Waals surface area contributed by atoms with Gasteiger partial charge in [-0.1, -0.05) is 32.0 Å². The van der Waals surface area contributed by atoms with Gasteiger partial charge in [-0.25, -0.2) is 0 Å². The van der Waals surface area contributed by atoms with Crippen LogP contribution in [0.15, 0.2) is 29.3 Å². The number of amidine groups is 1. The zero-order chi connectivity index (χ0) is 11.3. The van der Waals surface area contributed by atoms with Crippen LogP contribution in [-0.2, 0) is 12.6 Å². The normalized spacial score (nSPS) is 10.5. The number of hydrogen-bond donors (Lipinski definition) is 1. The van der Waals surface area contributed by atoms with E-state index < -0.39 is 0 Å². The fraction of sp³-hybridized carbons (Fsp3) is 0.273. The largest absolute Gasteiger partial charge is 1.00 e. The molecule has 0 spiro atoms. The second-order valence-corrected chi connectivity index (χ2v) is 3.77. The summed E-state index contributed by atoms with van der Waals surface area (Å²) in [5.41, 5.74) is 2.07. The molecular formula is C11H12N3NaS. The Hall–Kier alpha value is -0.600. The number of nitrogens with one attached hydrogen (secondary N) is 1. The fourth-order valence-corrected chi connectivity index (χ4v) is 1.45. The first-order valence-electron chi connectivity index (χ1n) is 4.65. The van der Waals surface area contributed by atoms with Crippen molar-refractivity contribution in [1.82, 2.24) is 0 Å². The molecule has 0 aromatic heterocycles. The van der Waals surface area contributed by atoms with Gasteiger partial charge in [0, 0.05) is 5.69 Å². The number of anilines is 1. The molecule has 0 radical (unpaired) electrons. The minimum Gasteiger partial charge on any atom is -0.742 e. The van der Waals surface area contributed by atoms with Gasteiger partial charge in [0.1, 0.15) is 0 Å². The van der Waals surface area contributed by atoms with E-state index in [0.29, 0.717) is 5.92 Å². The monoisotopic (exact) mass is 241 g/mol. The SMILES string of the molecule is CC(C)c1ccccc1N/C([S-])=N/C#N.[Na+]. The molecule has 1 aromatic carbocycles. The third-order valence-corrected chi connectivity index (χ3v) is 2.17. The Labute approximate surface area is 124 Å². The van der Waals surface area contributed by atoms with Crippen molar-refractivity contribution < 1.29 is 29.6 Å². The van der Waals surface area contributed by atoms with E-state index in [1.807, 2.05) is 24.3 Å². The van der Waals surface area contributed by atoms with Crippen molar-refractivity contribution in [3.8, 4) is 6.19 Å². The minimum absolute atomic E-state index is 0. The maximum absolute atomic E-state index is 8.35. The Morgan fingerprint density at radius 1 is 1.44 bits per heavy atom. The Morgan fingerprint density at radius 3 is 2.62 bits per heavy atom. The number of nitriles is 1. The number of para-hydroxylation sites is 1. The summed E-state index contributed by atoms with van der Waals surface area (Å²) >= 11 is 4.88. The van der Waals surface area contributed by atoms with Gasteiger partial charge in [-0.05, 0) is 22.7 Å². The zero-order valence-electron chi connectivity index (χ0n) is 9.69. The van der Waals surface area contributed by atoms with Crippen LogP contribution in [0.3, 0.4) is 0 Å². The van der Waals surface area contributed by atoms with Crippen LogP contribution in [0.2, 0.25) is 0 Å². The average molecular weight is 241 g/mol. The predicted molar refractivity (Wildman–Crippen MR) is 64.6 cm³/mol. The van der Waals surface area contributed by atoms with E-state index in [1.165, 1.54) is 0 Å². The molecule has 0 atom stereocenters. The topological polar surface area (TPSA) is 48.2 Å². The van der Waals surface area contributed by atoms with Crippen molar-refractivity contribution in [3.63, 3.8) is 0 Å². The summed E-state index contributed by atoms with van der Waals surface area (Å²) in [5, 5.41) is 11.5. The van der Waals surface area contributed by atoms with Crippen LogP contribution in [0.5, 0.6) is 0 Å². The summed E-state index contributed by atoms with van der Waals surface area (Å²) in [6, 6.07) is 7.85. The van der Waals surface area contributed by atoms with Crippen molar-refractivity contribution in [2.24, 2.45) is 4.99 Å². The molecule has 1 N–H and O–H groups in total. The molecule has 0 amide bonds. The summed E-state index contributed by atoms with van der Waals surface area (Å²) < 4.78 is 0. The first-order valence-corrected chi connectivity index (χ1v) is 5.05. The molecule has 1 aromatic rings. The fourth-order valence-electron chi connectivity index (χ4n) is 1.30. The molecular weight excluding hydrogens is 229 g/mol. The molecule has 0 saturated carbocycles. The average Bonchev–Trinajstić information content (AvgIpc) is 2.18. The van der Waals surface area contributed by atoms with Gasteiger partial charge >= 0.3 is 29.6 Å². The second-order valence-electron chi connectivity index (χ2n) is 3.38. The van der Waals surface area contributed by atoms with E-state index >= 15 is 0 Å². The molecule has 0 bridgehead atoms. The van der Waals surface area contributed by atoms with Gasteiger partial charge in [-0.2, -0.15) is 10.3 Å². The van der Waals surface area contributed by atoms with Crippen molar-refractivity contribution >= 4 is 23.5 Å². The van der Waals surface area contributed by atoms with Gasteiger partial charge in [0.25, 0.3) is 0 Å². The van der Waals surface area contributed by atoms with Crippen LogP contribution < -0.4 is 34.9 Å². The van der Waals surface area contributed by atoms with E-state index in [9.17, 15) is 0 Å². The molecule has 78 valence electrons. The first-order chi connectivity index (χ1) is 7.15. The summed E-state index contributed by atoms with van der Waals surface area (Å²) in [4.78, 5) is 3.45. The summed E-state index contributed by atoms with van der Waals surface area (Å²) in [6.45, 7) is 4.20. The Bertz CT molecular complexity index is 410. The van der Waals surface area contributed by atoms with Gasteiger partial charge in [0.15, 0.2) is 0 Å². The van der Waals surface area contributed by atoms with Crippen molar-refractivity contribution in [1.29, 1.82) is 5.26 Å². The number of rotatable bonds is 2. The maximum atomic E-state index is 8.35. The van der Waals surface area contributed by atoms with E-state index in [4.69, 9.17) is 17.9 Å². The second kappa shape index (κ2) is 7.64. The Balaban J connectivity index is 0.00000225. The van der Waals surface area contributed by atoms with Gasteiger partial charge in [-0.15, -0.1) is 0 Å². The van der Waals surface area contributed by atoms with Crippen molar-refractivity contribution in [2.45, 2.75) is 19.8 Å². The van der Waals surface area contributed by atoms with Crippen LogP contribution >= 0.6 is 0 Å². The standard InChI is InChI=1S/C11H13N3S.Na/c1-8(2)9-5-3-4-6-10(9)14-11(15)13-7-12;/h3-6,8H,1-2H3,(H2,13,14,15);/q;+1/p-1. The van der Waals surface area contributed by atoms with E-state index in [1.54, 1.807) is 6.19 Å². The van der Waals surface area contributed by atoms with Gasteiger partial charge in [-0.3, -0.25) is 0 Å². The molecule has 0 heterocycles. The summed E-state index contributed by atoms with van der Waals surface area (Å²) in [6.07, 6.45) is 1.66. The van der Waals surface area contributed by atoms with Crippen molar-refractivity contribution in [3.05, 3.63) is 29.8 Å². The number of hydrogen-bond acceptors (Lipinski definition) is 3. The smallest absolute Gasteiger partial charge is 0.742 e. The molecule has 1 rings (SSSR count). The minimum atomic E-state index is 0. The Morgan fingerprint density at radius 2 is 2.06 bits per heavy atom. The van der Waals surface area contributed by atoms with E-state index in [0.717, 1.165) is 11.3 Å². The maximum Gasteiger partial charge on any atom is 1.00 e. The van der Waals surface area contributed by atoms with E-state index in [-0.39, 0.29) is 34.7 Å². The van der Waals surface area contributed by atoms with Crippen LogP contribution in [0, 0.1) is 11.5 Å². The summed E-state index contributed by atoms with van der Waals surface area (Å²) in [5.74, 6) is 0.401.